The van der Waals surface area contributed by atoms with Crippen LogP contribution in [0.1, 0.15) is 29.8 Å². The molecule has 6 nitrogen and oxygen atoms in total. The number of amides is 2. The predicted octanol–water partition coefficient (Wildman–Crippen LogP) is 4.96. The molecular weight excluding hydrogens is 472 g/mol. The van der Waals surface area contributed by atoms with Crippen molar-refractivity contribution < 1.29 is 9.59 Å². The van der Waals surface area contributed by atoms with Crippen LogP contribution in [0.2, 0.25) is 5.02 Å². The van der Waals surface area contributed by atoms with Crippen LogP contribution in [0.3, 0.4) is 0 Å². The number of aromatic nitrogens is 2. The zero-order valence-electron chi connectivity index (χ0n) is 20.1. The molecule has 1 aliphatic heterocycles. The standard InChI is InChI=1S/C29H29ClN4O2/c30-23-12-3-1-10-22(23)19-28(35)31-17-7-16-27-32-24-13-4-6-15-26(24)34(27)20-29(36)33-18-8-11-21-9-2-5-14-25(21)33/h1-6,9-10,12-15H,7-8,11,16-20H2,(H,31,35). The van der Waals surface area contributed by atoms with Crippen LogP contribution in [0.25, 0.3) is 11.0 Å². The highest BCUT2D eigenvalue weighted by molar-refractivity contribution is 6.31. The van der Waals surface area contributed by atoms with Gasteiger partial charge in [0.15, 0.2) is 0 Å². The molecule has 0 saturated heterocycles. The van der Waals surface area contributed by atoms with E-state index in [4.69, 9.17) is 16.6 Å². The quantitative estimate of drug-likeness (QED) is 0.348. The zero-order chi connectivity index (χ0) is 24.9. The summed E-state index contributed by atoms with van der Waals surface area (Å²) in [5.74, 6) is 0.866. The summed E-state index contributed by atoms with van der Waals surface area (Å²) in [6.07, 6.45) is 3.60. The largest absolute Gasteiger partial charge is 0.356 e. The Labute approximate surface area is 215 Å². The minimum Gasteiger partial charge on any atom is -0.356 e. The van der Waals surface area contributed by atoms with Gasteiger partial charge in [0, 0.05) is 30.2 Å². The van der Waals surface area contributed by atoms with Gasteiger partial charge >= 0.3 is 0 Å². The van der Waals surface area contributed by atoms with Gasteiger partial charge in [-0.1, -0.05) is 60.1 Å². The molecule has 2 amide bonds. The number of para-hydroxylation sites is 3. The van der Waals surface area contributed by atoms with Gasteiger partial charge in [-0.3, -0.25) is 9.59 Å². The van der Waals surface area contributed by atoms with E-state index in [0.29, 0.717) is 18.0 Å². The molecule has 2 heterocycles. The van der Waals surface area contributed by atoms with E-state index >= 15 is 0 Å². The SMILES string of the molecule is O=C(Cc1ccccc1Cl)NCCCc1nc2ccccc2n1CC(=O)N1CCCc2ccccc21. The molecule has 184 valence electrons. The minimum absolute atomic E-state index is 0.0597. The molecule has 0 aliphatic carbocycles. The molecule has 0 fully saturated rings. The first-order valence-corrected chi connectivity index (χ1v) is 12.8. The summed E-state index contributed by atoms with van der Waals surface area (Å²) in [5, 5.41) is 3.57. The molecule has 36 heavy (non-hydrogen) atoms. The van der Waals surface area contributed by atoms with Crippen LogP contribution < -0.4 is 10.2 Å². The van der Waals surface area contributed by atoms with Gasteiger partial charge in [0.05, 0.1) is 17.5 Å². The van der Waals surface area contributed by atoms with E-state index in [1.807, 2.05) is 70.1 Å². The Morgan fingerprint density at radius 3 is 2.64 bits per heavy atom. The first-order chi connectivity index (χ1) is 17.6. The second-order valence-corrected chi connectivity index (χ2v) is 9.51. The topological polar surface area (TPSA) is 67.2 Å². The van der Waals surface area contributed by atoms with Crippen LogP contribution in [0, 0.1) is 0 Å². The molecule has 0 spiro atoms. The monoisotopic (exact) mass is 500 g/mol. The Balaban J connectivity index is 1.25. The molecule has 5 rings (SSSR count). The lowest BCUT2D eigenvalue weighted by Crippen LogP contribution is -2.38. The Kier molecular flexibility index (Phi) is 7.33. The van der Waals surface area contributed by atoms with E-state index in [1.54, 1.807) is 6.07 Å². The summed E-state index contributed by atoms with van der Waals surface area (Å²) in [6, 6.07) is 23.5. The highest BCUT2D eigenvalue weighted by Crippen LogP contribution is 2.27. The lowest BCUT2D eigenvalue weighted by atomic mass is 10.0. The lowest BCUT2D eigenvalue weighted by molar-refractivity contribution is -0.120. The number of nitrogens with one attached hydrogen (secondary N) is 1. The Morgan fingerprint density at radius 2 is 1.75 bits per heavy atom. The van der Waals surface area contributed by atoms with E-state index in [0.717, 1.165) is 53.9 Å². The number of anilines is 1. The van der Waals surface area contributed by atoms with Crippen LogP contribution in [0.5, 0.6) is 0 Å². The Hall–Kier alpha value is -3.64. The minimum atomic E-state index is -0.0597. The summed E-state index contributed by atoms with van der Waals surface area (Å²) in [7, 11) is 0. The maximum Gasteiger partial charge on any atom is 0.246 e. The molecule has 0 unspecified atom stereocenters. The highest BCUT2D eigenvalue weighted by atomic mass is 35.5. The maximum absolute atomic E-state index is 13.5. The number of benzene rings is 3. The van der Waals surface area contributed by atoms with Gasteiger partial charge in [-0.05, 0) is 54.7 Å². The van der Waals surface area contributed by atoms with Crippen molar-refractivity contribution in [1.82, 2.24) is 14.9 Å². The average molecular weight is 501 g/mol. The van der Waals surface area contributed by atoms with Crippen molar-refractivity contribution in [2.75, 3.05) is 18.0 Å². The number of carbonyl (C=O) groups excluding carboxylic acids is 2. The maximum atomic E-state index is 13.5. The third-order valence-corrected chi connectivity index (χ3v) is 7.02. The van der Waals surface area contributed by atoms with Gasteiger partial charge in [-0.25, -0.2) is 4.98 Å². The second kappa shape index (κ2) is 11.0. The number of rotatable bonds is 8. The number of imidazole rings is 1. The van der Waals surface area contributed by atoms with Gasteiger partial charge in [-0.15, -0.1) is 0 Å². The molecule has 1 aromatic heterocycles. The Morgan fingerprint density at radius 1 is 0.972 bits per heavy atom. The van der Waals surface area contributed by atoms with Crippen LogP contribution in [-0.2, 0) is 35.4 Å². The van der Waals surface area contributed by atoms with Crippen LogP contribution in [-0.4, -0.2) is 34.5 Å². The number of halogens is 1. The smallest absolute Gasteiger partial charge is 0.246 e. The number of nitrogens with zero attached hydrogens (tertiary/aromatic N) is 3. The molecule has 4 aromatic rings. The summed E-state index contributed by atoms with van der Waals surface area (Å²) < 4.78 is 2.03. The van der Waals surface area contributed by atoms with Gasteiger partial charge < -0.3 is 14.8 Å². The van der Waals surface area contributed by atoms with Gasteiger partial charge in [0.1, 0.15) is 12.4 Å². The number of hydrogen-bond donors (Lipinski definition) is 1. The average Bonchev–Trinajstić information content (AvgIpc) is 3.24. The summed E-state index contributed by atoms with van der Waals surface area (Å²) in [5.41, 5.74) is 4.88. The van der Waals surface area contributed by atoms with Crippen LogP contribution in [0.15, 0.2) is 72.8 Å². The molecule has 0 radical (unpaired) electrons. The molecule has 1 aliphatic rings. The number of carbonyl (C=O) groups is 2. The van der Waals surface area contributed by atoms with Crippen molar-refractivity contribution in [2.24, 2.45) is 0 Å². The second-order valence-electron chi connectivity index (χ2n) is 9.10. The fourth-order valence-corrected chi connectivity index (χ4v) is 5.06. The van der Waals surface area contributed by atoms with Crippen molar-refractivity contribution in [3.8, 4) is 0 Å². The van der Waals surface area contributed by atoms with Gasteiger partial charge in [-0.2, -0.15) is 0 Å². The fraction of sp³-hybridized carbons (Fsp3) is 0.276. The number of hydrogen-bond acceptors (Lipinski definition) is 3. The molecule has 3 aromatic carbocycles. The van der Waals surface area contributed by atoms with Crippen molar-refractivity contribution in [3.63, 3.8) is 0 Å². The van der Waals surface area contributed by atoms with Gasteiger partial charge in [0.2, 0.25) is 11.8 Å². The van der Waals surface area contributed by atoms with Crippen molar-refractivity contribution in [3.05, 3.63) is 94.8 Å². The molecule has 1 N–H and O–H groups in total. The van der Waals surface area contributed by atoms with E-state index < -0.39 is 0 Å². The summed E-state index contributed by atoms with van der Waals surface area (Å²) in [6.45, 7) is 1.50. The first-order valence-electron chi connectivity index (χ1n) is 12.4. The van der Waals surface area contributed by atoms with Crippen molar-refractivity contribution in [1.29, 1.82) is 0 Å². The van der Waals surface area contributed by atoms with Crippen LogP contribution in [0.4, 0.5) is 5.69 Å². The molecule has 7 heteroatoms. The lowest BCUT2D eigenvalue weighted by Gasteiger charge is -2.29. The molecule has 0 atom stereocenters. The van der Waals surface area contributed by atoms with Gasteiger partial charge in [0.25, 0.3) is 0 Å². The third kappa shape index (κ3) is 5.29. The summed E-state index contributed by atoms with van der Waals surface area (Å²) >= 11 is 6.17. The molecule has 0 bridgehead atoms. The predicted molar refractivity (Wildman–Crippen MR) is 143 cm³/mol. The van der Waals surface area contributed by atoms with E-state index in [1.165, 1.54) is 5.56 Å². The van der Waals surface area contributed by atoms with Crippen molar-refractivity contribution >= 4 is 40.1 Å². The highest BCUT2D eigenvalue weighted by Gasteiger charge is 2.24. The van der Waals surface area contributed by atoms with E-state index in [9.17, 15) is 9.59 Å². The zero-order valence-corrected chi connectivity index (χ0v) is 20.9. The first kappa shape index (κ1) is 24.1. The summed E-state index contributed by atoms with van der Waals surface area (Å²) in [4.78, 5) is 32.5. The number of aryl methyl sites for hydroxylation is 2. The normalized spacial score (nSPS) is 13.0. The molecule has 0 saturated carbocycles. The van der Waals surface area contributed by atoms with Crippen LogP contribution >= 0.6 is 11.6 Å². The van der Waals surface area contributed by atoms with Crippen molar-refractivity contribution in [2.45, 2.75) is 38.6 Å². The Bertz CT molecular complexity index is 1400. The number of fused-ring (bicyclic) bond motifs is 2. The third-order valence-electron chi connectivity index (χ3n) is 6.65. The fourth-order valence-electron chi connectivity index (χ4n) is 4.86. The molecular formula is C29H29ClN4O2. The van der Waals surface area contributed by atoms with E-state index in [-0.39, 0.29) is 24.8 Å². The van der Waals surface area contributed by atoms with E-state index in [2.05, 4.69) is 11.4 Å².